The first-order chi connectivity index (χ1) is 8.66. The second-order valence-corrected chi connectivity index (χ2v) is 4.16. The molecule has 0 bridgehead atoms. The minimum absolute atomic E-state index is 0.149. The number of hydrogen-bond donors (Lipinski definition) is 0. The van der Waals surface area contributed by atoms with E-state index in [2.05, 4.69) is 4.98 Å². The lowest BCUT2D eigenvalue weighted by molar-refractivity contribution is 0.108. The van der Waals surface area contributed by atoms with Gasteiger partial charge < -0.3 is 4.74 Å². The van der Waals surface area contributed by atoms with Crippen LogP contribution in [0.25, 0.3) is 0 Å². The summed E-state index contributed by atoms with van der Waals surface area (Å²) >= 11 is 5.37. The molecule has 1 aromatic heterocycles. The third-order valence-corrected chi connectivity index (χ3v) is 2.72. The molecule has 0 saturated carbocycles. The van der Waals surface area contributed by atoms with Crippen molar-refractivity contribution >= 4 is 16.8 Å². The number of aromatic nitrogens is 1. The van der Waals surface area contributed by atoms with Crippen molar-refractivity contribution in [2.45, 2.75) is 13.0 Å². The maximum Gasteiger partial charge on any atom is 0.252 e. The number of nitrogens with zero attached hydrogens (tertiary/aromatic N) is 1. The Morgan fingerprint density at radius 1 is 1.22 bits per heavy atom. The fourth-order valence-corrected chi connectivity index (χ4v) is 1.67. The average Bonchev–Trinajstić information content (AvgIpc) is 2.40. The van der Waals surface area contributed by atoms with Gasteiger partial charge in [0.1, 0.15) is 11.9 Å². The highest BCUT2D eigenvalue weighted by atomic mass is 35.5. The van der Waals surface area contributed by atoms with Crippen LogP contribution < -0.4 is 4.74 Å². The van der Waals surface area contributed by atoms with Gasteiger partial charge in [-0.25, -0.2) is 0 Å². The van der Waals surface area contributed by atoms with Gasteiger partial charge in [-0.15, -0.1) is 0 Å². The largest absolute Gasteiger partial charge is 0.484 e. The molecule has 4 heteroatoms. The lowest BCUT2D eigenvalue weighted by atomic mass is 10.2. The van der Waals surface area contributed by atoms with E-state index in [1.807, 2.05) is 25.1 Å². The molecule has 0 aliphatic rings. The van der Waals surface area contributed by atoms with E-state index in [0.29, 0.717) is 11.3 Å². The summed E-state index contributed by atoms with van der Waals surface area (Å²) in [5, 5.41) is -0.473. The summed E-state index contributed by atoms with van der Waals surface area (Å²) in [4.78, 5) is 15.1. The van der Waals surface area contributed by atoms with Gasteiger partial charge in [0.05, 0.1) is 5.69 Å². The Labute approximate surface area is 110 Å². The molecule has 0 spiro atoms. The number of hydrogen-bond acceptors (Lipinski definition) is 3. The van der Waals surface area contributed by atoms with Crippen molar-refractivity contribution in [3.8, 4) is 5.75 Å². The summed E-state index contributed by atoms with van der Waals surface area (Å²) in [7, 11) is 0. The average molecular weight is 262 g/mol. The normalized spacial score (nSPS) is 11.9. The molecule has 2 aromatic rings. The molecule has 0 fully saturated rings. The van der Waals surface area contributed by atoms with Crippen molar-refractivity contribution in [3.63, 3.8) is 0 Å². The molecule has 2 rings (SSSR count). The first-order valence-corrected chi connectivity index (χ1v) is 5.92. The summed E-state index contributed by atoms with van der Waals surface area (Å²) in [6.45, 7) is 1.92. The maximum atomic E-state index is 10.9. The molecule has 0 amide bonds. The van der Waals surface area contributed by atoms with Crippen LogP contribution in [0.5, 0.6) is 5.75 Å². The van der Waals surface area contributed by atoms with Gasteiger partial charge in [-0.3, -0.25) is 9.78 Å². The van der Waals surface area contributed by atoms with Crippen LogP contribution in [0.3, 0.4) is 0 Å². The molecule has 18 heavy (non-hydrogen) atoms. The van der Waals surface area contributed by atoms with Crippen LogP contribution in [0.2, 0.25) is 0 Å². The molecule has 0 N–H and O–H groups in total. The first-order valence-electron chi connectivity index (χ1n) is 5.54. The zero-order chi connectivity index (χ0) is 13.0. The molecule has 1 heterocycles. The maximum absolute atomic E-state index is 10.9. The monoisotopic (exact) mass is 261 g/mol. The van der Waals surface area contributed by atoms with Gasteiger partial charge in [-0.1, -0.05) is 6.07 Å². The van der Waals surface area contributed by atoms with Crippen LogP contribution in [0.15, 0.2) is 48.7 Å². The minimum atomic E-state index is -0.473. The summed E-state index contributed by atoms with van der Waals surface area (Å²) in [6.07, 6.45) is 1.58. The molecular weight excluding hydrogens is 250 g/mol. The fraction of sp³-hybridized carbons (Fsp3) is 0.143. The van der Waals surface area contributed by atoms with E-state index < -0.39 is 5.24 Å². The van der Waals surface area contributed by atoms with Gasteiger partial charge in [-0.05, 0) is 54.9 Å². The van der Waals surface area contributed by atoms with Crippen LogP contribution >= 0.6 is 11.6 Å². The van der Waals surface area contributed by atoms with Crippen LogP contribution in [-0.2, 0) is 0 Å². The molecule has 3 nitrogen and oxygen atoms in total. The number of carbonyl (C=O) groups is 1. The Hall–Kier alpha value is -1.87. The lowest BCUT2D eigenvalue weighted by Crippen LogP contribution is -2.04. The number of rotatable bonds is 4. The van der Waals surface area contributed by atoms with Gasteiger partial charge in [0.15, 0.2) is 0 Å². The van der Waals surface area contributed by atoms with Crippen LogP contribution in [0.1, 0.15) is 29.1 Å². The Balaban J connectivity index is 2.08. The van der Waals surface area contributed by atoms with E-state index in [0.717, 1.165) is 5.69 Å². The van der Waals surface area contributed by atoms with Crippen molar-refractivity contribution in [3.05, 3.63) is 59.9 Å². The van der Waals surface area contributed by atoms with Gasteiger partial charge in [-0.2, -0.15) is 0 Å². The van der Waals surface area contributed by atoms with Crippen LogP contribution in [-0.4, -0.2) is 10.2 Å². The lowest BCUT2D eigenvalue weighted by Gasteiger charge is -2.14. The van der Waals surface area contributed by atoms with Crippen LogP contribution in [0.4, 0.5) is 0 Å². The Bertz CT molecular complexity index is 525. The molecule has 0 aliphatic heterocycles. The topological polar surface area (TPSA) is 39.2 Å². The molecular formula is C14H12ClNO2. The standard InChI is InChI=1S/C14H12ClNO2/c1-10(13-4-2-3-9-16-13)18-12-7-5-11(6-8-12)14(15)17/h2-10H,1H3. The quantitative estimate of drug-likeness (QED) is 0.790. The molecule has 92 valence electrons. The fourth-order valence-electron chi connectivity index (χ4n) is 1.55. The van der Waals surface area contributed by atoms with Gasteiger partial charge in [0.2, 0.25) is 0 Å². The molecule has 1 atom stereocenters. The number of carbonyl (C=O) groups excluding carboxylic acids is 1. The van der Waals surface area contributed by atoms with Gasteiger partial charge >= 0.3 is 0 Å². The predicted molar refractivity (Wildman–Crippen MR) is 69.9 cm³/mol. The van der Waals surface area contributed by atoms with E-state index in [1.165, 1.54) is 0 Å². The molecule has 0 radical (unpaired) electrons. The number of pyridine rings is 1. The summed E-state index contributed by atoms with van der Waals surface area (Å²) in [5.41, 5.74) is 1.31. The zero-order valence-electron chi connectivity index (χ0n) is 9.84. The first kappa shape index (κ1) is 12.6. The second-order valence-electron chi connectivity index (χ2n) is 3.81. The summed E-state index contributed by atoms with van der Waals surface area (Å²) < 4.78 is 5.72. The summed E-state index contributed by atoms with van der Waals surface area (Å²) in [5.74, 6) is 0.676. The van der Waals surface area contributed by atoms with Crippen molar-refractivity contribution in [1.82, 2.24) is 4.98 Å². The minimum Gasteiger partial charge on any atom is -0.484 e. The Morgan fingerprint density at radius 3 is 2.50 bits per heavy atom. The van der Waals surface area contributed by atoms with Gasteiger partial charge in [0, 0.05) is 11.8 Å². The summed E-state index contributed by atoms with van der Waals surface area (Å²) in [6, 6.07) is 12.4. The number of ether oxygens (including phenoxy) is 1. The van der Waals surface area contributed by atoms with E-state index in [-0.39, 0.29) is 6.10 Å². The van der Waals surface area contributed by atoms with Gasteiger partial charge in [0.25, 0.3) is 5.24 Å². The Kier molecular flexibility index (Phi) is 3.95. The predicted octanol–water partition coefficient (Wildman–Crippen LogP) is 3.60. The molecule has 1 aromatic carbocycles. The molecule has 0 saturated heterocycles. The van der Waals surface area contributed by atoms with E-state index >= 15 is 0 Å². The van der Waals surface area contributed by atoms with Crippen molar-refractivity contribution in [2.75, 3.05) is 0 Å². The van der Waals surface area contributed by atoms with Crippen molar-refractivity contribution in [2.24, 2.45) is 0 Å². The van der Waals surface area contributed by atoms with Crippen LogP contribution in [0, 0.1) is 0 Å². The highest BCUT2D eigenvalue weighted by Crippen LogP contribution is 2.20. The third-order valence-electron chi connectivity index (χ3n) is 2.50. The smallest absolute Gasteiger partial charge is 0.252 e. The van der Waals surface area contributed by atoms with Crippen molar-refractivity contribution in [1.29, 1.82) is 0 Å². The number of benzene rings is 1. The van der Waals surface area contributed by atoms with E-state index in [4.69, 9.17) is 16.3 Å². The zero-order valence-corrected chi connectivity index (χ0v) is 10.6. The highest BCUT2D eigenvalue weighted by molar-refractivity contribution is 6.67. The third kappa shape index (κ3) is 3.08. The highest BCUT2D eigenvalue weighted by Gasteiger charge is 2.08. The van der Waals surface area contributed by atoms with E-state index in [1.54, 1.807) is 30.5 Å². The number of halogens is 1. The Morgan fingerprint density at radius 2 is 1.94 bits per heavy atom. The van der Waals surface area contributed by atoms with Crippen molar-refractivity contribution < 1.29 is 9.53 Å². The second kappa shape index (κ2) is 5.65. The molecule has 0 aliphatic carbocycles. The SMILES string of the molecule is CC(Oc1ccc(C(=O)Cl)cc1)c1ccccn1. The molecule has 1 unspecified atom stereocenters. The van der Waals surface area contributed by atoms with E-state index in [9.17, 15) is 4.79 Å².